The first-order valence-corrected chi connectivity index (χ1v) is 12.9. The summed E-state index contributed by atoms with van der Waals surface area (Å²) in [6.45, 7) is 6.02. The van der Waals surface area contributed by atoms with Gasteiger partial charge in [-0.1, -0.05) is 12.1 Å². The number of aliphatic hydroxyl groups is 1. The van der Waals surface area contributed by atoms with Crippen molar-refractivity contribution in [2.75, 3.05) is 31.6 Å². The molecule has 0 unspecified atom stereocenters. The molecule has 3 amide bonds. The number of piperidine rings is 1. The Hall–Kier alpha value is -3.99. The fraction of sp³-hybridized carbons (Fsp3) is 0.429. The zero-order valence-electron chi connectivity index (χ0n) is 22.6. The molecule has 0 atom stereocenters. The Labute approximate surface area is 226 Å². The molecule has 5 rings (SSSR count). The number of aromatic amines is 1. The number of urea groups is 1. The number of ether oxygens (including phenoxy) is 1. The molecule has 3 aromatic rings. The Morgan fingerprint density at radius 1 is 1.23 bits per heavy atom. The van der Waals surface area contributed by atoms with Gasteiger partial charge in [0.05, 0.1) is 25.4 Å². The number of hydrogen-bond acceptors (Lipinski definition) is 6. The highest BCUT2D eigenvalue weighted by Gasteiger charge is 2.52. The third-order valence-corrected chi connectivity index (χ3v) is 7.82. The molecule has 2 fully saturated rings. The molecule has 39 heavy (non-hydrogen) atoms. The van der Waals surface area contributed by atoms with Crippen LogP contribution in [0.2, 0.25) is 0 Å². The number of aromatic nitrogens is 3. The number of hydrogen-bond donors (Lipinski definition) is 2. The minimum atomic E-state index is -1.47. The zero-order chi connectivity index (χ0) is 27.9. The number of carbonyl (C=O) groups is 2. The van der Waals surface area contributed by atoms with Gasteiger partial charge in [0.25, 0.3) is 5.91 Å². The lowest BCUT2D eigenvalue weighted by Gasteiger charge is -2.44. The van der Waals surface area contributed by atoms with Gasteiger partial charge in [-0.05, 0) is 62.9 Å². The van der Waals surface area contributed by atoms with E-state index in [0.29, 0.717) is 49.7 Å². The molecule has 2 N–H and O–H groups in total. The maximum atomic E-state index is 14.4. The number of carbonyl (C=O) groups excluding carboxylic acids is 2. The molecule has 0 aliphatic carbocycles. The van der Waals surface area contributed by atoms with Crippen molar-refractivity contribution in [3.63, 3.8) is 0 Å². The summed E-state index contributed by atoms with van der Waals surface area (Å²) in [7, 11) is 1.53. The highest BCUT2D eigenvalue weighted by atomic mass is 19.1. The number of pyridine rings is 1. The van der Waals surface area contributed by atoms with Crippen LogP contribution in [0.25, 0.3) is 11.1 Å². The molecule has 2 aliphatic rings. The fourth-order valence-corrected chi connectivity index (χ4v) is 5.50. The molecule has 2 aromatic heterocycles. The fourth-order valence-electron chi connectivity index (χ4n) is 5.50. The summed E-state index contributed by atoms with van der Waals surface area (Å²) >= 11 is 0. The Balaban J connectivity index is 1.48. The summed E-state index contributed by atoms with van der Waals surface area (Å²) in [6.07, 6.45) is 4.42. The van der Waals surface area contributed by atoms with E-state index >= 15 is 0 Å². The largest absolute Gasteiger partial charge is 0.480 e. The van der Waals surface area contributed by atoms with E-state index in [-0.39, 0.29) is 24.3 Å². The van der Waals surface area contributed by atoms with Crippen LogP contribution in [-0.4, -0.2) is 79.9 Å². The van der Waals surface area contributed by atoms with Gasteiger partial charge in [-0.25, -0.2) is 9.18 Å². The molecular formula is C28H33FN6O4. The topological polar surface area (TPSA) is 115 Å². The van der Waals surface area contributed by atoms with Crippen LogP contribution in [0.15, 0.2) is 42.7 Å². The minimum Gasteiger partial charge on any atom is -0.480 e. The third kappa shape index (κ3) is 4.82. The van der Waals surface area contributed by atoms with Gasteiger partial charge >= 0.3 is 6.03 Å². The average molecular weight is 537 g/mol. The van der Waals surface area contributed by atoms with Crippen molar-refractivity contribution in [3.05, 3.63) is 59.7 Å². The second-order valence-electron chi connectivity index (χ2n) is 10.8. The van der Waals surface area contributed by atoms with Crippen molar-refractivity contribution >= 4 is 17.8 Å². The standard InChI is InChI=1S/C28H33FN6O4/c1-18-19(6-5-7-22(18)29)16-35-26(37)34(17-28(35)10-12-33(13-11-28)25(36)27(2,3)38)23-9-8-21(24(32-23)39-4)20-14-30-31-15-20/h5-9,14-15,38H,10-13,16-17H2,1-4H3,(H,30,31). The molecular weight excluding hydrogens is 503 g/mol. The normalized spacial score (nSPS) is 17.3. The van der Waals surface area contributed by atoms with E-state index in [1.807, 2.05) is 12.1 Å². The molecule has 2 aliphatic heterocycles. The predicted octanol–water partition coefficient (Wildman–Crippen LogP) is 3.50. The molecule has 4 heterocycles. The first kappa shape index (κ1) is 26.6. The summed E-state index contributed by atoms with van der Waals surface area (Å²) in [5.74, 6) is 0.141. The van der Waals surface area contributed by atoms with Crippen molar-refractivity contribution in [2.24, 2.45) is 0 Å². The lowest BCUT2D eigenvalue weighted by molar-refractivity contribution is -0.150. The highest BCUT2D eigenvalue weighted by molar-refractivity contribution is 5.95. The number of nitrogens with one attached hydrogen (secondary N) is 1. The summed E-state index contributed by atoms with van der Waals surface area (Å²) in [4.78, 5) is 36.5. The number of anilines is 1. The van der Waals surface area contributed by atoms with Crippen molar-refractivity contribution in [2.45, 2.75) is 51.3 Å². The SMILES string of the molecule is COc1nc(N2CC3(CCN(C(=O)C(C)(C)O)CC3)N(Cc3cccc(F)c3C)C2=O)ccc1-c1cn[nH]c1. The molecule has 10 nitrogen and oxygen atoms in total. The third-order valence-electron chi connectivity index (χ3n) is 7.82. The molecule has 206 valence electrons. The number of halogens is 1. The lowest BCUT2D eigenvalue weighted by Crippen LogP contribution is -2.57. The monoisotopic (exact) mass is 536 g/mol. The van der Waals surface area contributed by atoms with Crippen LogP contribution in [0, 0.1) is 12.7 Å². The number of nitrogens with zero attached hydrogens (tertiary/aromatic N) is 5. The lowest BCUT2D eigenvalue weighted by atomic mass is 9.85. The van der Waals surface area contributed by atoms with E-state index in [2.05, 4.69) is 15.2 Å². The van der Waals surface area contributed by atoms with E-state index < -0.39 is 11.1 Å². The van der Waals surface area contributed by atoms with Gasteiger partial charge < -0.3 is 19.6 Å². The molecule has 0 radical (unpaired) electrons. The molecule has 2 saturated heterocycles. The molecule has 1 spiro atoms. The van der Waals surface area contributed by atoms with Gasteiger partial charge in [-0.15, -0.1) is 0 Å². The van der Waals surface area contributed by atoms with Crippen molar-refractivity contribution < 1.29 is 23.8 Å². The van der Waals surface area contributed by atoms with E-state index in [1.54, 1.807) is 46.1 Å². The Morgan fingerprint density at radius 2 is 1.97 bits per heavy atom. The maximum absolute atomic E-state index is 14.4. The van der Waals surface area contributed by atoms with Crippen molar-refractivity contribution in [1.29, 1.82) is 0 Å². The smallest absolute Gasteiger partial charge is 0.326 e. The van der Waals surface area contributed by atoms with Crippen LogP contribution in [0.3, 0.4) is 0 Å². The number of rotatable bonds is 6. The first-order chi connectivity index (χ1) is 18.5. The van der Waals surface area contributed by atoms with Gasteiger partial charge in [-0.2, -0.15) is 10.1 Å². The first-order valence-electron chi connectivity index (χ1n) is 12.9. The predicted molar refractivity (Wildman–Crippen MR) is 143 cm³/mol. The van der Waals surface area contributed by atoms with Gasteiger partial charge in [-0.3, -0.25) is 14.8 Å². The van der Waals surface area contributed by atoms with Gasteiger partial charge in [0.1, 0.15) is 17.2 Å². The molecule has 0 saturated carbocycles. The van der Waals surface area contributed by atoms with Gasteiger partial charge in [0.2, 0.25) is 5.88 Å². The molecule has 0 bridgehead atoms. The zero-order valence-corrected chi connectivity index (χ0v) is 22.6. The van der Waals surface area contributed by atoms with Gasteiger partial charge in [0.15, 0.2) is 0 Å². The van der Waals surface area contributed by atoms with Crippen LogP contribution < -0.4 is 9.64 Å². The van der Waals surface area contributed by atoms with E-state index in [0.717, 1.165) is 16.7 Å². The maximum Gasteiger partial charge on any atom is 0.326 e. The quantitative estimate of drug-likeness (QED) is 0.498. The number of likely N-dealkylation sites (tertiary alicyclic amines) is 1. The van der Waals surface area contributed by atoms with Crippen LogP contribution >= 0.6 is 0 Å². The Bertz CT molecular complexity index is 1380. The van der Waals surface area contributed by atoms with E-state index in [1.165, 1.54) is 27.0 Å². The second-order valence-corrected chi connectivity index (χ2v) is 10.8. The van der Waals surface area contributed by atoms with Crippen LogP contribution in [0.1, 0.15) is 37.8 Å². The number of methoxy groups -OCH3 is 1. The average Bonchev–Trinajstić information content (AvgIpc) is 3.54. The van der Waals surface area contributed by atoms with Gasteiger partial charge in [0, 0.05) is 37.0 Å². The van der Waals surface area contributed by atoms with E-state index in [4.69, 9.17) is 4.74 Å². The van der Waals surface area contributed by atoms with Crippen molar-refractivity contribution in [3.8, 4) is 17.0 Å². The summed E-state index contributed by atoms with van der Waals surface area (Å²) in [6, 6.07) is 8.26. The van der Waals surface area contributed by atoms with Crippen molar-refractivity contribution in [1.82, 2.24) is 25.0 Å². The van der Waals surface area contributed by atoms with E-state index in [9.17, 15) is 19.1 Å². The summed E-state index contributed by atoms with van der Waals surface area (Å²) in [5, 5.41) is 17.0. The number of H-pyrrole nitrogens is 1. The Morgan fingerprint density at radius 3 is 2.62 bits per heavy atom. The summed E-state index contributed by atoms with van der Waals surface area (Å²) < 4.78 is 20.0. The Kier molecular flexibility index (Phi) is 6.79. The molecule has 11 heteroatoms. The molecule has 1 aromatic carbocycles. The second kappa shape index (κ2) is 9.96. The minimum absolute atomic E-state index is 0.225. The van der Waals surface area contributed by atoms with Crippen LogP contribution in [0.4, 0.5) is 15.0 Å². The number of benzene rings is 1. The highest BCUT2D eigenvalue weighted by Crippen LogP contribution is 2.41. The van der Waals surface area contributed by atoms with Crippen LogP contribution in [0.5, 0.6) is 5.88 Å². The van der Waals surface area contributed by atoms with Crippen LogP contribution in [-0.2, 0) is 11.3 Å². The summed E-state index contributed by atoms with van der Waals surface area (Å²) in [5.41, 5.74) is 0.685. The number of amides is 3.